The van der Waals surface area contributed by atoms with Crippen molar-refractivity contribution < 1.29 is 14.3 Å². The van der Waals surface area contributed by atoms with Crippen molar-refractivity contribution in [2.75, 3.05) is 19.0 Å². The van der Waals surface area contributed by atoms with Crippen LogP contribution in [-0.4, -0.2) is 41.3 Å². The van der Waals surface area contributed by atoms with Crippen LogP contribution in [0.4, 0.5) is 4.79 Å². The van der Waals surface area contributed by atoms with Crippen LogP contribution in [0.3, 0.4) is 0 Å². The molecular weight excluding hydrogens is 230 g/mol. The average molecular weight is 248 g/mol. The summed E-state index contributed by atoms with van der Waals surface area (Å²) in [6.45, 7) is 9.02. The molecule has 0 fully saturated rings. The molecule has 0 saturated heterocycles. The molecule has 0 aromatic carbocycles. The number of halogens is 1. The van der Waals surface area contributed by atoms with E-state index in [9.17, 15) is 9.59 Å². The Morgan fingerprint density at radius 2 is 2.00 bits per heavy atom. The second-order valence-corrected chi connectivity index (χ2v) is 4.59. The molecule has 0 aliphatic rings. The van der Waals surface area contributed by atoms with E-state index in [-0.39, 0.29) is 24.8 Å². The molecule has 0 aromatic rings. The van der Waals surface area contributed by atoms with E-state index >= 15 is 0 Å². The van der Waals surface area contributed by atoms with Crippen LogP contribution in [0.15, 0.2) is 12.7 Å². The summed E-state index contributed by atoms with van der Waals surface area (Å²) in [7, 11) is 0. The Bertz CT molecular complexity index is 271. The van der Waals surface area contributed by atoms with Crippen LogP contribution in [0.1, 0.15) is 20.8 Å². The molecule has 4 nitrogen and oxygen atoms in total. The molecule has 0 rings (SSSR count). The molecule has 92 valence electrons. The number of ether oxygens (including phenoxy) is 1. The molecular formula is C11H18ClNO3. The standard InChI is InChI=1S/C11H18ClNO3/c1-5-6-13(8-9(14)7-12)10(15)16-11(2,3)4/h5H,1,6-8H2,2-4H3. The first-order chi connectivity index (χ1) is 7.30. The quantitative estimate of drug-likeness (QED) is 0.553. The van der Waals surface area contributed by atoms with Crippen molar-refractivity contribution in [2.45, 2.75) is 26.4 Å². The largest absolute Gasteiger partial charge is 0.444 e. The zero-order valence-electron chi connectivity index (χ0n) is 9.96. The minimum atomic E-state index is -0.583. The van der Waals surface area contributed by atoms with Gasteiger partial charge in [-0.25, -0.2) is 4.79 Å². The number of hydrogen-bond donors (Lipinski definition) is 0. The van der Waals surface area contributed by atoms with Gasteiger partial charge in [-0.2, -0.15) is 0 Å². The number of carbonyl (C=O) groups excluding carboxylic acids is 2. The van der Waals surface area contributed by atoms with Crippen LogP contribution in [0.2, 0.25) is 0 Å². The van der Waals surface area contributed by atoms with Crippen LogP contribution in [0.5, 0.6) is 0 Å². The van der Waals surface area contributed by atoms with Crippen molar-refractivity contribution in [3.05, 3.63) is 12.7 Å². The van der Waals surface area contributed by atoms with E-state index in [1.54, 1.807) is 20.8 Å². The Hall–Kier alpha value is -1.03. The maximum Gasteiger partial charge on any atom is 0.410 e. The van der Waals surface area contributed by atoms with E-state index in [2.05, 4.69) is 6.58 Å². The third-order valence-corrected chi connectivity index (χ3v) is 1.82. The topological polar surface area (TPSA) is 46.6 Å². The predicted molar refractivity (Wildman–Crippen MR) is 63.7 cm³/mol. The maximum atomic E-state index is 11.7. The summed E-state index contributed by atoms with van der Waals surface area (Å²) in [5, 5.41) is 0. The Morgan fingerprint density at radius 3 is 2.38 bits per heavy atom. The SMILES string of the molecule is C=CCN(CC(=O)CCl)C(=O)OC(C)(C)C. The van der Waals surface area contributed by atoms with Crippen LogP contribution in [0.25, 0.3) is 0 Å². The molecule has 1 amide bonds. The molecule has 5 heteroatoms. The minimum absolute atomic E-state index is 0.0512. The monoisotopic (exact) mass is 247 g/mol. The predicted octanol–water partition coefficient (Wildman–Crippen LogP) is 2.22. The highest BCUT2D eigenvalue weighted by atomic mass is 35.5. The summed E-state index contributed by atoms with van der Waals surface area (Å²) in [6.07, 6.45) is 0.997. The van der Waals surface area contributed by atoms with Gasteiger partial charge in [0.1, 0.15) is 5.60 Å². The van der Waals surface area contributed by atoms with Gasteiger partial charge in [-0.1, -0.05) is 6.08 Å². The van der Waals surface area contributed by atoms with Crippen molar-refractivity contribution in [1.29, 1.82) is 0 Å². The van der Waals surface area contributed by atoms with Gasteiger partial charge in [0, 0.05) is 6.54 Å². The van der Waals surface area contributed by atoms with E-state index in [1.807, 2.05) is 0 Å². The Morgan fingerprint density at radius 1 is 1.44 bits per heavy atom. The summed E-state index contributed by atoms with van der Waals surface area (Å²) in [4.78, 5) is 24.1. The van der Waals surface area contributed by atoms with Gasteiger partial charge in [0.25, 0.3) is 0 Å². The zero-order valence-corrected chi connectivity index (χ0v) is 10.7. The summed E-state index contributed by atoms with van der Waals surface area (Å²) >= 11 is 5.38. The van der Waals surface area contributed by atoms with Gasteiger partial charge in [-0.15, -0.1) is 18.2 Å². The van der Waals surface area contributed by atoms with E-state index in [4.69, 9.17) is 16.3 Å². The average Bonchev–Trinajstić information content (AvgIpc) is 2.14. The first kappa shape index (κ1) is 15.0. The molecule has 0 spiro atoms. The second-order valence-electron chi connectivity index (χ2n) is 4.32. The van der Waals surface area contributed by atoms with E-state index in [0.29, 0.717) is 0 Å². The lowest BCUT2D eigenvalue weighted by molar-refractivity contribution is -0.117. The van der Waals surface area contributed by atoms with Gasteiger partial charge in [0.15, 0.2) is 5.78 Å². The lowest BCUT2D eigenvalue weighted by Crippen LogP contribution is -2.40. The Labute approximate surface area is 101 Å². The number of ketones is 1. The van der Waals surface area contributed by atoms with Gasteiger partial charge in [-0.05, 0) is 20.8 Å². The van der Waals surface area contributed by atoms with Gasteiger partial charge >= 0.3 is 6.09 Å². The van der Waals surface area contributed by atoms with Crippen LogP contribution in [0, 0.1) is 0 Å². The minimum Gasteiger partial charge on any atom is -0.444 e. The molecule has 0 N–H and O–H groups in total. The summed E-state index contributed by atoms with van der Waals surface area (Å²) in [5.74, 6) is -0.342. The fourth-order valence-corrected chi connectivity index (χ4v) is 1.03. The fraction of sp³-hybridized carbons (Fsp3) is 0.636. The summed E-state index contributed by atoms with van der Waals surface area (Å²) < 4.78 is 5.14. The molecule has 0 heterocycles. The molecule has 0 radical (unpaired) electrons. The number of hydrogen-bond acceptors (Lipinski definition) is 3. The van der Waals surface area contributed by atoms with Gasteiger partial charge in [0.2, 0.25) is 0 Å². The van der Waals surface area contributed by atoms with Crippen LogP contribution >= 0.6 is 11.6 Å². The molecule has 0 aliphatic heterocycles. The Balaban J connectivity index is 4.46. The highest BCUT2D eigenvalue weighted by Gasteiger charge is 2.22. The summed E-state index contributed by atoms with van der Waals surface area (Å²) in [5.41, 5.74) is -0.583. The number of Topliss-reactive ketones (excluding diaryl/α,β-unsaturated/α-hetero) is 1. The molecule has 0 aliphatic carbocycles. The zero-order chi connectivity index (χ0) is 12.8. The van der Waals surface area contributed by atoms with Crippen LogP contribution < -0.4 is 0 Å². The number of carbonyl (C=O) groups is 2. The van der Waals surface area contributed by atoms with Crippen molar-refractivity contribution in [2.24, 2.45) is 0 Å². The van der Waals surface area contributed by atoms with Crippen molar-refractivity contribution in [3.63, 3.8) is 0 Å². The van der Waals surface area contributed by atoms with Crippen LogP contribution in [-0.2, 0) is 9.53 Å². The molecule has 0 unspecified atom stereocenters. The van der Waals surface area contributed by atoms with E-state index < -0.39 is 11.7 Å². The normalized spacial score (nSPS) is 10.8. The van der Waals surface area contributed by atoms with Gasteiger partial charge in [-0.3, -0.25) is 9.69 Å². The smallest absolute Gasteiger partial charge is 0.410 e. The molecule has 0 saturated carbocycles. The first-order valence-electron chi connectivity index (χ1n) is 4.96. The lowest BCUT2D eigenvalue weighted by Gasteiger charge is -2.26. The van der Waals surface area contributed by atoms with Crippen molar-refractivity contribution >= 4 is 23.5 Å². The number of rotatable bonds is 5. The summed E-state index contributed by atoms with van der Waals surface area (Å²) in [6, 6.07) is 0. The van der Waals surface area contributed by atoms with E-state index in [1.165, 1.54) is 11.0 Å². The fourth-order valence-electron chi connectivity index (χ4n) is 0.941. The Kier molecular flexibility index (Phi) is 6.11. The third kappa shape index (κ3) is 6.45. The second kappa shape index (κ2) is 6.53. The van der Waals surface area contributed by atoms with E-state index in [0.717, 1.165) is 0 Å². The third-order valence-electron chi connectivity index (χ3n) is 1.52. The van der Waals surface area contributed by atoms with Gasteiger partial charge in [0.05, 0.1) is 12.4 Å². The molecule has 16 heavy (non-hydrogen) atoms. The molecule has 0 atom stereocenters. The number of amides is 1. The highest BCUT2D eigenvalue weighted by Crippen LogP contribution is 2.09. The number of alkyl halides is 1. The van der Waals surface area contributed by atoms with Gasteiger partial charge < -0.3 is 4.74 Å². The first-order valence-corrected chi connectivity index (χ1v) is 5.50. The highest BCUT2D eigenvalue weighted by molar-refractivity contribution is 6.28. The maximum absolute atomic E-state index is 11.7. The van der Waals surface area contributed by atoms with Crippen molar-refractivity contribution in [1.82, 2.24) is 4.90 Å². The number of nitrogens with zero attached hydrogens (tertiary/aromatic N) is 1. The molecule has 0 aromatic heterocycles. The van der Waals surface area contributed by atoms with Crippen molar-refractivity contribution in [3.8, 4) is 0 Å². The molecule has 0 bridgehead atoms. The lowest BCUT2D eigenvalue weighted by atomic mass is 10.2.